The highest BCUT2D eigenvalue weighted by Gasteiger charge is 2.34. The maximum atomic E-state index is 13.4. The van der Waals surface area contributed by atoms with E-state index in [2.05, 4.69) is 16.8 Å². The number of halogens is 1. The predicted molar refractivity (Wildman–Crippen MR) is 113 cm³/mol. The molecule has 0 N–H and O–H groups in total. The Morgan fingerprint density at radius 3 is 2.24 bits per heavy atom. The standard InChI is InChI=1S/C21H22ClN3O3S/c1-2-24-12-14-25(15-13-24)29(26,27)21-19(16-8-10-18(22)11-9-16)28-20(23-21)17-6-4-3-5-7-17/h3-11H,2,12-15H2,1H3. The minimum atomic E-state index is -3.80. The van der Waals surface area contributed by atoms with Gasteiger partial charge in [0.1, 0.15) is 0 Å². The van der Waals surface area contributed by atoms with Crippen LogP contribution in [0.1, 0.15) is 6.92 Å². The van der Waals surface area contributed by atoms with Crippen molar-refractivity contribution < 1.29 is 12.8 Å². The van der Waals surface area contributed by atoms with Crippen LogP contribution in [-0.2, 0) is 10.0 Å². The largest absolute Gasteiger partial charge is 0.435 e. The van der Waals surface area contributed by atoms with E-state index in [1.807, 2.05) is 30.3 Å². The Labute approximate surface area is 175 Å². The Morgan fingerprint density at radius 1 is 0.966 bits per heavy atom. The summed E-state index contributed by atoms with van der Waals surface area (Å²) in [7, 11) is -3.80. The second kappa shape index (κ2) is 8.28. The molecule has 152 valence electrons. The minimum absolute atomic E-state index is 0.0522. The Kier molecular flexibility index (Phi) is 5.74. The molecule has 0 amide bonds. The Morgan fingerprint density at radius 2 is 1.62 bits per heavy atom. The topological polar surface area (TPSA) is 66.7 Å². The fourth-order valence-corrected chi connectivity index (χ4v) is 4.98. The average molecular weight is 432 g/mol. The van der Waals surface area contributed by atoms with E-state index in [0.717, 1.165) is 12.1 Å². The van der Waals surface area contributed by atoms with Crippen molar-refractivity contribution in [3.8, 4) is 22.8 Å². The van der Waals surface area contributed by atoms with E-state index < -0.39 is 10.0 Å². The summed E-state index contributed by atoms with van der Waals surface area (Å²) in [6.07, 6.45) is 0. The summed E-state index contributed by atoms with van der Waals surface area (Å²) in [5.41, 5.74) is 1.34. The van der Waals surface area contributed by atoms with Gasteiger partial charge >= 0.3 is 0 Å². The third-order valence-electron chi connectivity index (χ3n) is 5.09. The summed E-state index contributed by atoms with van der Waals surface area (Å²) in [4.78, 5) is 6.65. The first-order chi connectivity index (χ1) is 14.0. The first kappa shape index (κ1) is 20.1. The van der Waals surface area contributed by atoms with E-state index in [4.69, 9.17) is 16.0 Å². The molecule has 1 aliphatic heterocycles. The van der Waals surface area contributed by atoms with Gasteiger partial charge in [0.05, 0.1) is 0 Å². The van der Waals surface area contributed by atoms with Crippen molar-refractivity contribution in [3.63, 3.8) is 0 Å². The summed E-state index contributed by atoms with van der Waals surface area (Å²) in [6.45, 7) is 5.26. The van der Waals surface area contributed by atoms with Gasteiger partial charge in [-0.2, -0.15) is 9.29 Å². The summed E-state index contributed by atoms with van der Waals surface area (Å²) >= 11 is 6.00. The summed E-state index contributed by atoms with van der Waals surface area (Å²) in [5, 5.41) is 0.514. The summed E-state index contributed by atoms with van der Waals surface area (Å²) in [6, 6.07) is 16.2. The molecule has 0 spiro atoms. The molecule has 29 heavy (non-hydrogen) atoms. The number of benzene rings is 2. The van der Waals surface area contributed by atoms with E-state index in [1.165, 1.54) is 4.31 Å². The molecule has 3 aromatic rings. The summed E-state index contributed by atoms with van der Waals surface area (Å²) in [5.74, 6) is 0.514. The number of oxazole rings is 1. The van der Waals surface area contributed by atoms with Gasteiger partial charge in [-0.25, -0.2) is 8.42 Å². The molecule has 2 aromatic carbocycles. The van der Waals surface area contributed by atoms with E-state index in [1.54, 1.807) is 24.3 Å². The van der Waals surface area contributed by atoms with Crippen molar-refractivity contribution >= 4 is 21.6 Å². The highest BCUT2D eigenvalue weighted by Crippen LogP contribution is 2.34. The van der Waals surface area contributed by atoms with Gasteiger partial charge in [-0.1, -0.05) is 36.7 Å². The van der Waals surface area contributed by atoms with E-state index in [0.29, 0.717) is 36.8 Å². The number of rotatable bonds is 5. The summed E-state index contributed by atoms with van der Waals surface area (Å²) < 4.78 is 34.4. The van der Waals surface area contributed by atoms with Crippen molar-refractivity contribution in [1.82, 2.24) is 14.2 Å². The molecule has 0 saturated carbocycles. The molecule has 6 nitrogen and oxygen atoms in total. The fraction of sp³-hybridized carbons (Fsp3) is 0.286. The third kappa shape index (κ3) is 4.09. The first-order valence-electron chi connectivity index (χ1n) is 9.53. The Bertz CT molecular complexity index is 1070. The molecule has 8 heteroatoms. The molecular formula is C21H22ClN3O3S. The maximum absolute atomic E-state index is 13.4. The van der Waals surface area contributed by atoms with Crippen LogP contribution in [0.4, 0.5) is 0 Å². The normalized spacial score (nSPS) is 16.2. The molecule has 0 aliphatic carbocycles. The zero-order chi connectivity index (χ0) is 20.4. The highest BCUT2D eigenvalue weighted by atomic mass is 35.5. The Hall–Kier alpha value is -2.19. The van der Waals surface area contributed by atoms with Crippen molar-refractivity contribution in [3.05, 3.63) is 59.6 Å². The van der Waals surface area contributed by atoms with Crippen LogP contribution in [0.5, 0.6) is 0 Å². The van der Waals surface area contributed by atoms with Gasteiger partial charge < -0.3 is 9.32 Å². The Balaban J connectivity index is 1.78. The molecule has 1 aliphatic rings. The van der Waals surface area contributed by atoms with E-state index in [-0.39, 0.29) is 16.7 Å². The molecule has 0 unspecified atom stereocenters. The van der Waals surface area contributed by atoms with Crippen LogP contribution < -0.4 is 0 Å². The molecule has 1 aromatic heterocycles. The molecule has 0 bridgehead atoms. The van der Waals surface area contributed by atoms with Crippen LogP contribution >= 0.6 is 11.6 Å². The van der Waals surface area contributed by atoms with Crippen LogP contribution in [-0.4, -0.2) is 55.3 Å². The SMILES string of the molecule is CCN1CCN(S(=O)(=O)c2nc(-c3ccccc3)oc2-c2ccc(Cl)cc2)CC1. The van der Waals surface area contributed by atoms with Gasteiger partial charge in [0, 0.05) is 42.3 Å². The van der Waals surface area contributed by atoms with Gasteiger partial charge in [-0.15, -0.1) is 0 Å². The number of nitrogens with zero attached hydrogens (tertiary/aromatic N) is 3. The van der Waals surface area contributed by atoms with Crippen molar-refractivity contribution in [2.24, 2.45) is 0 Å². The van der Waals surface area contributed by atoms with Gasteiger partial charge in [0.25, 0.3) is 10.0 Å². The molecule has 1 fully saturated rings. The van der Waals surface area contributed by atoms with Crippen LogP contribution in [0.25, 0.3) is 22.8 Å². The number of hydrogen-bond acceptors (Lipinski definition) is 5. The van der Waals surface area contributed by atoms with Gasteiger partial charge in [-0.05, 0) is 42.9 Å². The van der Waals surface area contributed by atoms with Gasteiger partial charge in [-0.3, -0.25) is 0 Å². The molecule has 0 radical (unpaired) electrons. The van der Waals surface area contributed by atoms with Crippen LogP contribution in [0, 0.1) is 0 Å². The van der Waals surface area contributed by atoms with E-state index in [9.17, 15) is 8.42 Å². The van der Waals surface area contributed by atoms with Crippen LogP contribution in [0.3, 0.4) is 0 Å². The second-order valence-corrected chi connectivity index (χ2v) is 9.15. The average Bonchev–Trinajstić information content (AvgIpc) is 3.21. The fourth-order valence-electron chi connectivity index (χ4n) is 3.38. The lowest BCUT2D eigenvalue weighted by Gasteiger charge is -2.32. The van der Waals surface area contributed by atoms with Crippen molar-refractivity contribution in [2.45, 2.75) is 11.9 Å². The number of likely N-dealkylation sites (N-methyl/N-ethyl adjacent to an activating group) is 1. The molecule has 0 atom stereocenters. The number of hydrogen-bond donors (Lipinski definition) is 0. The molecule has 2 heterocycles. The number of sulfonamides is 1. The molecule has 1 saturated heterocycles. The zero-order valence-electron chi connectivity index (χ0n) is 16.1. The zero-order valence-corrected chi connectivity index (χ0v) is 17.7. The monoisotopic (exact) mass is 431 g/mol. The minimum Gasteiger partial charge on any atom is -0.435 e. The van der Waals surface area contributed by atoms with E-state index >= 15 is 0 Å². The van der Waals surface area contributed by atoms with Gasteiger partial charge in [0.2, 0.25) is 10.9 Å². The lowest BCUT2D eigenvalue weighted by Crippen LogP contribution is -2.48. The lowest BCUT2D eigenvalue weighted by molar-refractivity contribution is 0.196. The van der Waals surface area contributed by atoms with Crippen molar-refractivity contribution in [1.29, 1.82) is 0 Å². The highest BCUT2D eigenvalue weighted by molar-refractivity contribution is 7.89. The molecular weight excluding hydrogens is 410 g/mol. The van der Waals surface area contributed by atoms with Crippen molar-refractivity contribution in [2.75, 3.05) is 32.7 Å². The lowest BCUT2D eigenvalue weighted by atomic mass is 10.2. The molecule has 4 rings (SSSR count). The quantitative estimate of drug-likeness (QED) is 0.611. The third-order valence-corrected chi connectivity index (χ3v) is 7.15. The maximum Gasteiger partial charge on any atom is 0.264 e. The number of piperazine rings is 1. The van der Waals surface area contributed by atoms with Crippen LogP contribution in [0.2, 0.25) is 5.02 Å². The second-order valence-electron chi connectivity index (χ2n) is 6.86. The smallest absolute Gasteiger partial charge is 0.264 e. The first-order valence-corrected chi connectivity index (χ1v) is 11.4. The number of aromatic nitrogens is 1. The predicted octanol–water partition coefficient (Wildman–Crippen LogP) is 3.99. The van der Waals surface area contributed by atoms with Crippen LogP contribution in [0.15, 0.2) is 64.0 Å². The van der Waals surface area contributed by atoms with Gasteiger partial charge in [0.15, 0.2) is 5.76 Å².